The van der Waals surface area contributed by atoms with Crippen molar-refractivity contribution in [3.05, 3.63) is 59.7 Å². The van der Waals surface area contributed by atoms with Crippen LogP contribution in [-0.4, -0.2) is 65.0 Å². The lowest BCUT2D eigenvalue weighted by atomic mass is 10.1. The van der Waals surface area contributed by atoms with Crippen LogP contribution in [0.4, 0.5) is 0 Å². The van der Waals surface area contributed by atoms with Crippen molar-refractivity contribution in [2.75, 3.05) is 13.2 Å². The molecule has 4 rings (SSSR count). The van der Waals surface area contributed by atoms with E-state index in [1.807, 2.05) is 13.8 Å². The van der Waals surface area contributed by atoms with E-state index in [0.29, 0.717) is 0 Å². The summed E-state index contributed by atoms with van der Waals surface area (Å²) < 4.78 is 78.3. The van der Waals surface area contributed by atoms with Gasteiger partial charge in [-0.3, -0.25) is 8.37 Å². The van der Waals surface area contributed by atoms with Gasteiger partial charge in [-0.1, -0.05) is 35.4 Å². The zero-order valence-electron chi connectivity index (χ0n) is 19.7. The monoisotopic (exact) mass is 528 g/mol. The maximum Gasteiger partial charge on any atom is 0.297 e. The van der Waals surface area contributed by atoms with Crippen LogP contribution in [0.1, 0.15) is 25.0 Å². The average Bonchev–Trinajstić information content (AvgIpc) is 3.19. The Balaban J connectivity index is 1.50. The molecule has 0 bridgehead atoms. The van der Waals surface area contributed by atoms with Crippen molar-refractivity contribution in [3.8, 4) is 0 Å². The highest BCUT2D eigenvalue weighted by Crippen LogP contribution is 2.46. The quantitative estimate of drug-likeness (QED) is 0.507. The first-order valence-electron chi connectivity index (χ1n) is 10.9. The van der Waals surface area contributed by atoms with Crippen molar-refractivity contribution < 1.29 is 44.5 Å². The van der Waals surface area contributed by atoms with Gasteiger partial charge in [0.05, 0.1) is 16.4 Å². The van der Waals surface area contributed by atoms with E-state index >= 15 is 0 Å². The summed E-state index contributed by atoms with van der Waals surface area (Å²) in [5.74, 6) is -3.02. The van der Waals surface area contributed by atoms with Crippen molar-refractivity contribution in [3.63, 3.8) is 0 Å². The first-order valence-corrected chi connectivity index (χ1v) is 13.7. The van der Waals surface area contributed by atoms with E-state index in [9.17, 15) is 21.9 Å². The molecule has 4 atom stereocenters. The third kappa shape index (κ3) is 5.44. The Morgan fingerprint density at radius 3 is 1.83 bits per heavy atom. The lowest BCUT2D eigenvalue weighted by molar-refractivity contribution is -0.272. The minimum absolute atomic E-state index is 0.0494. The Hall–Kier alpha value is -1.90. The third-order valence-electron chi connectivity index (χ3n) is 5.73. The number of aryl methyl sites for hydroxylation is 2. The number of benzene rings is 2. The molecule has 2 aromatic rings. The van der Waals surface area contributed by atoms with Crippen LogP contribution in [0.5, 0.6) is 0 Å². The molecular weight excluding hydrogens is 500 g/mol. The molecule has 2 fully saturated rings. The van der Waals surface area contributed by atoms with Crippen molar-refractivity contribution in [1.82, 2.24) is 0 Å². The second-order valence-corrected chi connectivity index (χ2v) is 12.3. The standard InChI is InChI=1S/C23H28O10S2/c1-15-5-9-17(10-6-15)34(25,26)29-13-19-20(24)21-23(31-19,33-22(3,4)32-21)14-30-35(27,28)18-11-7-16(2)8-12-18/h5-12,19-21,24H,13-14H2,1-4H3/t19-,20+,21-,23-/m0/s1. The van der Waals surface area contributed by atoms with Gasteiger partial charge in [-0.05, 0) is 52.0 Å². The maximum atomic E-state index is 12.7. The number of hydrogen-bond donors (Lipinski definition) is 1. The molecule has 0 aliphatic carbocycles. The molecule has 2 aliphatic heterocycles. The Morgan fingerprint density at radius 1 is 0.829 bits per heavy atom. The average molecular weight is 529 g/mol. The number of ether oxygens (including phenoxy) is 3. The second kappa shape index (κ2) is 9.20. The molecule has 0 aromatic heterocycles. The first-order chi connectivity index (χ1) is 16.2. The maximum absolute atomic E-state index is 12.7. The molecule has 1 N–H and O–H groups in total. The van der Waals surface area contributed by atoms with Gasteiger partial charge in [0.15, 0.2) is 5.79 Å². The van der Waals surface area contributed by atoms with Crippen LogP contribution in [0.3, 0.4) is 0 Å². The van der Waals surface area contributed by atoms with Gasteiger partial charge in [0.2, 0.25) is 5.79 Å². The smallest absolute Gasteiger partial charge is 0.297 e. The molecule has 0 spiro atoms. The summed E-state index contributed by atoms with van der Waals surface area (Å²) in [5, 5.41) is 10.8. The third-order valence-corrected chi connectivity index (χ3v) is 8.30. The van der Waals surface area contributed by atoms with E-state index in [2.05, 4.69) is 0 Å². The normalized spacial score (nSPS) is 28.2. The lowest BCUT2D eigenvalue weighted by Gasteiger charge is -2.28. The fraction of sp³-hybridized carbons (Fsp3) is 0.478. The van der Waals surface area contributed by atoms with E-state index in [1.165, 1.54) is 24.3 Å². The van der Waals surface area contributed by atoms with Crippen LogP contribution in [-0.2, 0) is 42.8 Å². The molecule has 2 saturated heterocycles. The van der Waals surface area contributed by atoms with Crippen LogP contribution >= 0.6 is 0 Å². The van der Waals surface area contributed by atoms with E-state index in [-0.39, 0.29) is 9.79 Å². The molecular formula is C23H28O10S2. The summed E-state index contributed by atoms with van der Waals surface area (Å²) in [6, 6.07) is 12.2. The predicted octanol–water partition coefficient (Wildman–Crippen LogP) is 2.02. The molecule has 0 amide bonds. The number of aliphatic hydroxyl groups excluding tert-OH is 1. The van der Waals surface area contributed by atoms with E-state index < -0.39 is 63.3 Å². The van der Waals surface area contributed by atoms with Gasteiger partial charge in [-0.2, -0.15) is 16.8 Å². The zero-order chi connectivity index (χ0) is 25.6. The zero-order valence-corrected chi connectivity index (χ0v) is 21.3. The SMILES string of the molecule is Cc1ccc(S(=O)(=O)OC[C@@H]2O[C@@]3(COS(=O)(=O)c4ccc(C)cc4)OC(C)(C)O[C@H]3[C@@H]2O)cc1. The highest BCUT2D eigenvalue weighted by molar-refractivity contribution is 7.87. The number of fused-ring (bicyclic) bond motifs is 1. The van der Waals surface area contributed by atoms with Crippen molar-refractivity contribution >= 4 is 20.2 Å². The summed E-state index contributed by atoms with van der Waals surface area (Å²) in [6.45, 7) is 5.61. The fourth-order valence-electron chi connectivity index (χ4n) is 3.98. The fourth-order valence-corrected chi connectivity index (χ4v) is 5.82. The number of hydrogen-bond acceptors (Lipinski definition) is 10. The van der Waals surface area contributed by atoms with E-state index in [4.69, 9.17) is 22.6 Å². The van der Waals surface area contributed by atoms with Gasteiger partial charge in [-0.15, -0.1) is 0 Å². The summed E-state index contributed by atoms with van der Waals surface area (Å²) in [7, 11) is -8.31. The predicted molar refractivity (Wildman–Crippen MR) is 122 cm³/mol. The molecule has 0 unspecified atom stereocenters. The van der Waals surface area contributed by atoms with Crippen LogP contribution < -0.4 is 0 Å². The molecule has 12 heteroatoms. The largest absolute Gasteiger partial charge is 0.387 e. The van der Waals surface area contributed by atoms with Gasteiger partial charge < -0.3 is 19.3 Å². The molecule has 0 saturated carbocycles. The molecule has 2 heterocycles. The Bertz CT molecular complexity index is 1270. The van der Waals surface area contributed by atoms with Crippen molar-refractivity contribution in [2.45, 2.75) is 67.4 Å². The van der Waals surface area contributed by atoms with Gasteiger partial charge >= 0.3 is 0 Å². The minimum Gasteiger partial charge on any atom is -0.387 e. The van der Waals surface area contributed by atoms with Crippen molar-refractivity contribution in [2.24, 2.45) is 0 Å². The van der Waals surface area contributed by atoms with Gasteiger partial charge in [0.1, 0.15) is 24.9 Å². The molecule has 0 radical (unpaired) electrons. The van der Waals surface area contributed by atoms with E-state index in [0.717, 1.165) is 11.1 Å². The highest BCUT2D eigenvalue weighted by Gasteiger charge is 2.65. The minimum atomic E-state index is -4.18. The van der Waals surface area contributed by atoms with Crippen LogP contribution in [0.25, 0.3) is 0 Å². The van der Waals surface area contributed by atoms with E-state index in [1.54, 1.807) is 38.1 Å². The first kappa shape index (κ1) is 26.2. The second-order valence-electron chi connectivity index (χ2n) is 9.08. The Kier molecular flexibility index (Phi) is 6.88. The molecule has 2 aliphatic rings. The topological polar surface area (TPSA) is 135 Å². The molecule has 2 aromatic carbocycles. The number of aliphatic hydroxyl groups is 1. The van der Waals surface area contributed by atoms with Crippen LogP contribution in [0.15, 0.2) is 58.3 Å². The molecule has 35 heavy (non-hydrogen) atoms. The van der Waals surface area contributed by atoms with Crippen molar-refractivity contribution in [1.29, 1.82) is 0 Å². The summed E-state index contributed by atoms with van der Waals surface area (Å²) in [6.07, 6.45) is -3.72. The van der Waals surface area contributed by atoms with Gasteiger partial charge in [0, 0.05) is 0 Å². The summed E-state index contributed by atoms with van der Waals surface area (Å²) >= 11 is 0. The van der Waals surface area contributed by atoms with Gasteiger partial charge in [-0.25, -0.2) is 0 Å². The highest BCUT2D eigenvalue weighted by atomic mass is 32.2. The Labute approximate surface area is 205 Å². The van der Waals surface area contributed by atoms with Crippen LogP contribution in [0.2, 0.25) is 0 Å². The Morgan fingerprint density at radius 2 is 1.31 bits per heavy atom. The lowest BCUT2D eigenvalue weighted by Crippen LogP contribution is -2.45. The summed E-state index contributed by atoms with van der Waals surface area (Å²) in [4.78, 5) is -0.108. The van der Waals surface area contributed by atoms with Crippen LogP contribution in [0, 0.1) is 13.8 Å². The molecule has 10 nitrogen and oxygen atoms in total. The summed E-state index contributed by atoms with van der Waals surface area (Å²) in [5.41, 5.74) is 1.76. The number of rotatable bonds is 8. The molecule has 192 valence electrons. The van der Waals surface area contributed by atoms with Gasteiger partial charge in [0.25, 0.3) is 20.2 Å².